The average molecular weight is 472 g/mol. The van der Waals surface area contributed by atoms with Crippen molar-refractivity contribution >= 4 is 29.9 Å². The van der Waals surface area contributed by atoms with Crippen molar-refractivity contribution in [2.24, 2.45) is 22.6 Å². The predicted molar refractivity (Wildman–Crippen MR) is 118 cm³/mol. The second-order valence-electron chi connectivity index (χ2n) is 7.50. The maximum Gasteiger partial charge on any atom is 0.188 e. The Kier molecular flexibility index (Phi) is 8.47. The molecule has 5 nitrogen and oxygen atoms in total. The molecule has 6 heteroatoms. The number of hydrogen-bond acceptors (Lipinski definition) is 3. The van der Waals surface area contributed by atoms with Crippen molar-refractivity contribution in [1.82, 2.24) is 10.2 Å². The maximum absolute atomic E-state index is 6.08. The minimum absolute atomic E-state index is 0. The van der Waals surface area contributed by atoms with Crippen molar-refractivity contribution in [3.05, 3.63) is 29.8 Å². The van der Waals surface area contributed by atoms with Gasteiger partial charge in [-0.15, -0.1) is 24.0 Å². The van der Waals surface area contributed by atoms with Crippen molar-refractivity contribution in [2.75, 3.05) is 33.8 Å². The number of nitrogens with zero attached hydrogens (tertiary/aromatic N) is 2. The van der Waals surface area contributed by atoms with E-state index >= 15 is 0 Å². The fourth-order valence-corrected chi connectivity index (χ4v) is 4.00. The standard InChI is InChI=1S/C20H32N4O.HI/c1-24-12-4-7-17(14-23-20(21)22-13-15-5-3-6-15)19(24)16-8-10-18(25-2)11-9-16;/h8-11,15,17,19H,3-7,12-14H2,1-2H3,(H3,21,22,23);1H. The molecular formula is C20H33IN4O. The van der Waals surface area contributed by atoms with Crippen LogP contribution in [0.5, 0.6) is 5.75 Å². The molecule has 1 aromatic rings. The van der Waals surface area contributed by atoms with Gasteiger partial charge in [0.05, 0.1) is 7.11 Å². The monoisotopic (exact) mass is 472 g/mol. The van der Waals surface area contributed by atoms with Gasteiger partial charge in [-0.2, -0.15) is 0 Å². The van der Waals surface area contributed by atoms with E-state index in [1.165, 1.54) is 37.7 Å². The van der Waals surface area contributed by atoms with Gasteiger partial charge in [-0.05, 0) is 68.8 Å². The van der Waals surface area contributed by atoms with Gasteiger partial charge in [-0.25, -0.2) is 0 Å². The lowest BCUT2D eigenvalue weighted by Crippen LogP contribution is -2.43. The second-order valence-corrected chi connectivity index (χ2v) is 7.50. The van der Waals surface area contributed by atoms with E-state index in [1.807, 2.05) is 0 Å². The lowest BCUT2D eigenvalue weighted by molar-refractivity contribution is 0.122. The Morgan fingerprint density at radius 1 is 1.23 bits per heavy atom. The normalized spacial score (nSPS) is 24.5. The molecule has 2 atom stereocenters. The summed E-state index contributed by atoms with van der Waals surface area (Å²) in [5.74, 6) is 2.80. The van der Waals surface area contributed by atoms with Crippen LogP contribution in [0, 0.1) is 11.8 Å². The zero-order chi connectivity index (χ0) is 17.6. The van der Waals surface area contributed by atoms with E-state index in [9.17, 15) is 0 Å². The molecule has 3 rings (SSSR count). The molecule has 26 heavy (non-hydrogen) atoms. The predicted octanol–water partition coefficient (Wildman–Crippen LogP) is 3.40. The third kappa shape index (κ3) is 5.49. The quantitative estimate of drug-likeness (QED) is 0.379. The fraction of sp³-hybridized carbons (Fsp3) is 0.650. The molecule has 0 aromatic heterocycles. The molecule has 1 aromatic carbocycles. The molecule has 1 saturated heterocycles. The van der Waals surface area contributed by atoms with Crippen molar-refractivity contribution in [2.45, 2.75) is 38.1 Å². The summed E-state index contributed by atoms with van der Waals surface area (Å²) in [6, 6.07) is 8.89. The Labute approximate surface area is 174 Å². The molecule has 0 amide bonds. The number of ether oxygens (including phenoxy) is 1. The number of hydrogen-bond donors (Lipinski definition) is 2. The van der Waals surface area contributed by atoms with Crippen LogP contribution in [0.1, 0.15) is 43.7 Å². The number of benzene rings is 1. The highest BCUT2D eigenvalue weighted by Gasteiger charge is 2.30. The first-order valence-corrected chi connectivity index (χ1v) is 9.55. The number of halogens is 1. The summed E-state index contributed by atoms with van der Waals surface area (Å²) in [4.78, 5) is 6.98. The lowest BCUT2D eigenvalue weighted by Gasteiger charge is -2.39. The molecular weight excluding hydrogens is 439 g/mol. The SMILES string of the molecule is COc1ccc(C2C(CNC(N)=NCC3CCC3)CCCN2C)cc1.I. The van der Waals surface area contributed by atoms with Gasteiger partial charge in [-0.1, -0.05) is 18.6 Å². The van der Waals surface area contributed by atoms with E-state index < -0.39 is 0 Å². The Morgan fingerprint density at radius 2 is 1.96 bits per heavy atom. The van der Waals surface area contributed by atoms with E-state index in [-0.39, 0.29) is 24.0 Å². The van der Waals surface area contributed by atoms with Gasteiger partial charge in [0.1, 0.15) is 5.75 Å². The molecule has 0 radical (unpaired) electrons. The van der Waals surface area contributed by atoms with Crippen LogP contribution in [0.3, 0.4) is 0 Å². The summed E-state index contributed by atoms with van der Waals surface area (Å²) in [6.45, 7) is 2.89. The highest BCUT2D eigenvalue weighted by Crippen LogP contribution is 2.35. The Hall–Kier alpha value is -1.02. The molecule has 0 bridgehead atoms. The van der Waals surface area contributed by atoms with Gasteiger partial charge in [0.25, 0.3) is 0 Å². The molecule has 1 aliphatic heterocycles. The summed E-state index contributed by atoms with van der Waals surface area (Å²) in [7, 11) is 3.93. The minimum atomic E-state index is 0. The molecule has 1 saturated carbocycles. The zero-order valence-corrected chi connectivity index (χ0v) is 18.3. The molecule has 2 aliphatic rings. The highest BCUT2D eigenvalue weighted by atomic mass is 127. The maximum atomic E-state index is 6.08. The van der Waals surface area contributed by atoms with Gasteiger partial charge in [0.2, 0.25) is 0 Å². The van der Waals surface area contributed by atoms with Crippen LogP contribution in [0.4, 0.5) is 0 Å². The third-order valence-corrected chi connectivity index (χ3v) is 5.75. The second kappa shape index (κ2) is 10.3. The van der Waals surface area contributed by atoms with Gasteiger partial charge >= 0.3 is 0 Å². The van der Waals surface area contributed by atoms with E-state index in [0.717, 1.165) is 31.3 Å². The molecule has 1 heterocycles. The molecule has 0 spiro atoms. The van der Waals surface area contributed by atoms with Crippen LogP contribution in [-0.2, 0) is 0 Å². The van der Waals surface area contributed by atoms with Crippen LogP contribution in [0.15, 0.2) is 29.3 Å². The van der Waals surface area contributed by atoms with Crippen LogP contribution >= 0.6 is 24.0 Å². The van der Waals surface area contributed by atoms with Crippen LogP contribution in [0.25, 0.3) is 0 Å². The van der Waals surface area contributed by atoms with Crippen molar-refractivity contribution in [3.63, 3.8) is 0 Å². The summed E-state index contributed by atoms with van der Waals surface area (Å²) in [6.07, 6.45) is 6.41. The molecule has 3 N–H and O–H groups in total. The summed E-state index contributed by atoms with van der Waals surface area (Å²) in [5.41, 5.74) is 7.43. The van der Waals surface area contributed by atoms with Gasteiger partial charge < -0.3 is 15.8 Å². The number of piperidine rings is 1. The number of aliphatic imine (C=N–C) groups is 1. The molecule has 2 fully saturated rings. The first kappa shape index (κ1) is 21.3. The van der Waals surface area contributed by atoms with Gasteiger partial charge in [0, 0.05) is 19.1 Å². The van der Waals surface area contributed by atoms with Crippen LogP contribution < -0.4 is 15.8 Å². The third-order valence-electron chi connectivity index (χ3n) is 5.75. The van der Waals surface area contributed by atoms with Crippen molar-refractivity contribution in [3.8, 4) is 5.75 Å². The summed E-state index contributed by atoms with van der Waals surface area (Å²) >= 11 is 0. The van der Waals surface area contributed by atoms with Gasteiger partial charge in [-0.3, -0.25) is 9.89 Å². The Bertz CT molecular complexity index is 574. The molecule has 146 valence electrons. The Balaban J connectivity index is 0.00000243. The largest absolute Gasteiger partial charge is 0.497 e. The number of methoxy groups -OCH3 is 1. The van der Waals surface area contributed by atoms with E-state index in [2.05, 4.69) is 46.5 Å². The van der Waals surface area contributed by atoms with Crippen LogP contribution in [0.2, 0.25) is 0 Å². The van der Waals surface area contributed by atoms with E-state index in [0.29, 0.717) is 17.9 Å². The number of likely N-dealkylation sites (tertiary alicyclic amines) is 1. The Morgan fingerprint density at radius 3 is 2.58 bits per heavy atom. The number of rotatable bonds is 6. The summed E-state index contributed by atoms with van der Waals surface area (Å²) < 4.78 is 5.29. The first-order valence-electron chi connectivity index (χ1n) is 9.55. The van der Waals surface area contributed by atoms with Crippen molar-refractivity contribution in [1.29, 1.82) is 0 Å². The van der Waals surface area contributed by atoms with Crippen LogP contribution in [-0.4, -0.2) is 44.7 Å². The topological polar surface area (TPSA) is 62.9 Å². The first-order chi connectivity index (χ1) is 12.2. The number of nitrogens with one attached hydrogen (secondary N) is 1. The van der Waals surface area contributed by atoms with E-state index in [4.69, 9.17) is 10.5 Å². The van der Waals surface area contributed by atoms with Gasteiger partial charge in [0.15, 0.2) is 5.96 Å². The number of guanidine groups is 1. The lowest BCUT2D eigenvalue weighted by atomic mass is 9.85. The zero-order valence-electron chi connectivity index (χ0n) is 16.0. The highest BCUT2D eigenvalue weighted by molar-refractivity contribution is 14.0. The fourth-order valence-electron chi connectivity index (χ4n) is 4.00. The minimum Gasteiger partial charge on any atom is -0.497 e. The number of nitrogens with two attached hydrogens (primary N) is 1. The summed E-state index contributed by atoms with van der Waals surface area (Å²) in [5, 5.41) is 3.38. The molecule has 2 unspecified atom stereocenters. The average Bonchev–Trinajstić information content (AvgIpc) is 2.59. The van der Waals surface area contributed by atoms with Crippen molar-refractivity contribution < 1.29 is 4.74 Å². The smallest absolute Gasteiger partial charge is 0.188 e. The molecule has 1 aliphatic carbocycles. The van der Waals surface area contributed by atoms with E-state index in [1.54, 1.807) is 7.11 Å².